The lowest BCUT2D eigenvalue weighted by Gasteiger charge is -2.30. The lowest BCUT2D eigenvalue weighted by molar-refractivity contribution is 0.0946. The van der Waals surface area contributed by atoms with Gasteiger partial charge in [0, 0.05) is 26.2 Å². The smallest absolute Gasteiger partial charge is 0.273 e. The van der Waals surface area contributed by atoms with Gasteiger partial charge in [0.15, 0.2) is 5.69 Å². The van der Waals surface area contributed by atoms with E-state index in [9.17, 15) is 4.79 Å². The third-order valence-electron chi connectivity index (χ3n) is 5.88. The minimum atomic E-state index is -0.134. The van der Waals surface area contributed by atoms with Crippen molar-refractivity contribution in [3.8, 4) is 5.69 Å². The zero-order valence-electron chi connectivity index (χ0n) is 17.2. The van der Waals surface area contributed by atoms with E-state index in [2.05, 4.69) is 52.6 Å². The summed E-state index contributed by atoms with van der Waals surface area (Å²) in [6, 6.07) is 6.42. The Balaban J connectivity index is 1.52. The number of nitrogens with zero attached hydrogens (tertiary/aromatic N) is 4. The maximum Gasteiger partial charge on any atom is 0.273 e. The Kier molecular flexibility index (Phi) is 5.49. The van der Waals surface area contributed by atoms with E-state index in [4.69, 9.17) is 0 Å². The van der Waals surface area contributed by atoms with E-state index in [1.807, 2.05) is 11.6 Å². The van der Waals surface area contributed by atoms with Gasteiger partial charge in [0.1, 0.15) is 0 Å². The molecular formula is C22H31N5O. The molecule has 0 unspecified atom stereocenters. The van der Waals surface area contributed by atoms with Gasteiger partial charge in [0.2, 0.25) is 0 Å². The van der Waals surface area contributed by atoms with E-state index in [0.29, 0.717) is 18.2 Å². The summed E-state index contributed by atoms with van der Waals surface area (Å²) in [6.07, 6.45) is 4.77. The highest BCUT2D eigenvalue weighted by Gasteiger charge is 2.27. The predicted octanol–water partition coefficient (Wildman–Crippen LogP) is 3.12. The Labute approximate surface area is 167 Å². The van der Waals surface area contributed by atoms with Gasteiger partial charge in [-0.15, -0.1) is 5.10 Å². The summed E-state index contributed by atoms with van der Waals surface area (Å²) in [7, 11) is 0. The highest BCUT2D eigenvalue weighted by atomic mass is 16.2. The van der Waals surface area contributed by atoms with Crippen LogP contribution in [0.2, 0.25) is 0 Å². The van der Waals surface area contributed by atoms with Crippen molar-refractivity contribution in [2.45, 2.75) is 53.0 Å². The SMILES string of the molecule is Cc1c(C(=O)NCCC(C)C)nnn1-c1cccc2c1CCN(CC1CC1)C2. The molecule has 28 heavy (non-hydrogen) atoms. The zero-order chi connectivity index (χ0) is 19.7. The van der Waals surface area contributed by atoms with Gasteiger partial charge in [-0.1, -0.05) is 31.2 Å². The number of nitrogens with one attached hydrogen (secondary N) is 1. The quantitative estimate of drug-likeness (QED) is 0.800. The second-order valence-electron chi connectivity index (χ2n) is 8.72. The molecule has 1 aromatic heterocycles. The number of hydrogen-bond donors (Lipinski definition) is 1. The van der Waals surface area contributed by atoms with E-state index in [0.717, 1.165) is 43.2 Å². The van der Waals surface area contributed by atoms with Crippen molar-refractivity contribution in [2.75, 3.05) is 19.6 Å². The van der Waals surface area contributed by atoms with E-state index in [-0.39, 0.29) is 5.91 Å². The summed E-state index contributed by atoms with van der Waals surface area (Å²) < 4.78 is 1.84. The Morgan fingerprint density at radius 1 is 1.32 bits per heavy atom. The molecule has 0 saturated heterocycles. The van der Waals surface area contributed by atoms with Crippen molar-refractivity contribution >= 4 is 5.91 Å². The molecule has 1 fully saturated rings. The van der Waals surface area contributed by atoms with Crippen LogP contribution in [-0.4, -0.2) is 45.4 Å². The lowest BCUT2D eigenvalue weighted by Crippen LogP contribution is -2.32. The van der Waals surface area contributed by atoms with Crippen LogP contribution in [0.15, 0.2) is 18.2 Å². The Morgan fingerprint density at radius 2 is 2.14 bits per heavy atom. The number of benzene rings is 1. The first-order chi connectivity index (χ1) is 13.5. The average molecular weight is 382 g/mol. The zero-order valence-corrected chi connectivity index (χ0v) is 17.2. The van der Waals surface area contributed by atoms with E-state index in [1.165, 1.54) is 30.5 Å². The first kappa shape index (κ1) is 19.1. The fraction of sp³-hybridized carbons (Fsp3) is 0.591. The highest BCUT2D eigenvalue weighted by molar-refractivity contribution is 5.93. The molecular weight excluding hydrogens is 350 g/mol. The van der Waals surface area contributed by atoms with Crippen LogP contribution in [0, 0.1) is 18.8 Å². The monoisotopic (exact) mass is 381 g/mol. The summed E-state index contributed by atoms with van der Waals surface area (Å²) in [5.41, 5.74) is 5.01. The number of carbonyl (C=O) groups is 1. The second kappa shape index (κ2) is 8.03. The second-order valence-corrected chi connectivity index (χ2v) is 8.72. The number of fused-ring (bicyclic) bond motifs is 1. The largest absolute Gasteiger partial charge is 0.351 e. The fourth-order valence-corrected chi connectivity index (χ4v) is 3.99. The van der Waals surface area contributed by atoms with Crippen molar-refractivity contribution in [1.29, 1.82) is 0 Å². The van der Waals surface area contributed by atoms with E-state index >= 15 is 0 Å². The molecule has 2 heterocycles. The number of carbonyl (C=O) groups excluding carboxylic acids is 1. The first-order valence-corrected chi connectivity index (χ1v) is 10.6. The van der Waals surface area contributed by atoms with Crippen molar-refractivity contribution in [1.82, 2.24) is 25.2 Å². The molecule has 2 aliphatic rings. The molecule has 2 aromatic rings. The summed E-state index contributed by atoms with van der Waals surface area (Å²) in [5.74, 6) is 1.34. The molecule has 0 radical (unpaired) electrons. The molecule has 1 N–H and O–H groups in total. The summed E-state index contributed by atoms with van der Waals surface area (Å²) >= 11 is 0. The van der Waals surface area contributed by atoms with Gasteiger partial charge < -0.3 is 5.32 Å². The molecule has 0 atom stereocenters. The van der Waals surface area contributed by atoms with Crippen molar-refractivity contribution in [3.63, 3.8) is 0 Å². The van der Waals surface area contributed by atoms with Crippen LogP contribution >= 0.6 is 0 Å². The van der Waals surface area contributed by atoms with Crippen molar-refractivity contribution < 1.29 is 4.79 Å². The van der Waals surface area contributed by atoms with Crippen LogP contribution in [-0.2, 0) is 13.0 Å². The first-order valence-electron chi connectivity index (χ1n) is 10.6. The van der Waals surface area contributed by atoms with Crippen LogP contribution in [0.4, 0.5) is 0 Å². The molecule has 6 heteroatoms. The van der Waals surface area contributed by atoms with Gasteiger partial charge >= 0.3 is 0 Å². The number of amides is 1. The summed E-state index contributed by atoms with van der Waals surface area (Å²) in [6.45, 7) is 10.2. The van der Waals surface area contributed by atoms with Gasteiger partial charge in [-0.05, 0) is 61.6 Å². The number of rotatable bonds is 7. The minimum absolute atomic E-state index is 0.134. The van der Waals surface area contributed by atoms with Gasteiger partial charge in [0.05, 0.1) is 11.4 Å². The molecule has 1 aromatic carbocycles. The van der Waals surface area contributed by atoms with Gasteiger partial charge in [-0.2, -0.15) is 0 Å². The Morgan fingerprint density at radius 3 is 2.89 bits per heavy atom. The summed E-state index contributed by atoms with van der Waals surface area (Å²) in [4.78, 5) is 15.1. The Hall–Kier alpha value is -2.21. The van der Waals surface area contributed by atoms with E-state index in [1.54, 1.807) is 0 Å². The molecule has 4 rings (SSSR count). The normalized spacial score (nSPS) is 17.0. The molecule has 150 valence electrons. The fourth-order valence-electron chi connectivity index (χ4n) is 3.99. The third-order valence-corrected chi connectivity index (χ3v) is 5.88. The third kappa shape index (κ3) is 4.12. The molecule has 0 spiro atoms. The summed E-state index contributed by atoms with van der Waals surface area (Å²) in [5, 5.41) is 11.5. The van der Waals surface area contributed by atoms with E-state index < -0.39 is 0 Å². The van der Waals surface area contributed by atoms with Crippen molar-refractivity contribution in [2.24, 2.45) is 11.8 Å². The topological polar surface area (TPSA) is 63.1 Å². The van der Waals surface area contributed by atoms with Gasteiger partial charge in [0.25, 0.3) is 5.91 Å². The predicted molar refractivity (Wildman–Crippen MR) is 110 cm³/mol. The minimum Gasteiger partial charge on any atom is -0.351 e. The lowest BCUT2D eigenvalue weighted by atomic mass is 9.97. The molecule has 1 amide bonds. The molecule has 6 nitrogen and oxygen atoms in total. The molecule has 1 aliphatic heterocycles. The van der Waals surface area contributed by atoms with Crippen LogP contribution in [0.3, 0.4) is 0 Å². The van der Waals surface area contributed by atoms with Crippen LogP contribution in [0.5, 0.6) is 0 Å². The maximum absolute atomic E-state index is 12.5. The molecule has 1 saturated carbocycles. The van der Waals surface area contributed by atoms with Gasteiger partial charge in [-0.3, -0.25) is 9.69 Å². The number of hydrogen-bond acceptors (Lipinski definition) is 4. The van der Waals surface area contributed by atoms with Crippen LogP contribution in [0.1, 0.15) is 60.4 Å². The molecule has 0 bridgehead atoms. The standard InChI is InChI=1S/C22H31N5O/c1-15(2)9-11-23-22(28)21-16(3)27(25-24-21)20-6-4-5-18-14-26(12-10-19(18)20)13-17-7-8-17/h4-6,15,17H,7-14H2,1-3H3,(H,23,28). The Bertz CT molecular complexity index is 853. The highest BCUT2D eigenvalue weighted by Crippen LogP contribution is 2.32. The maximum atomic E-state index is 12.5. The van der Waals surface area contributed by atoms with Crippen LogP contribution < -0.4 is 5.32 Å². The van der Waals surface area contributed by atoms with Crippen molar-refractivity contribution in [3.05, 3.63) is 40.7 Å². The van der Waals surface area contributed by atoms with Crippen LogP contribution in [0.25, 0.3) is 5.69 Å². The average Bonchev–Trinajstić information content (AvgIpc) is 3.40. The van der Waals surface area contributed by atoms with Gasteiger partial charge in [-0.25, -0.2) is 4.68 Å². The molecule has 1 aliphatic carbocycles. The number of aromatic nitrogens is 3.